The summed E-state index contributed by atoms with van der Waals surface area (Å²) in [5.41, 5.74) is 1.79. The van der Waals surface area contributed by atoms with Crippen LogP contribution in [0, 0.1) is 0 Å². The second-order valence-corrected chi connectivity index (χ2v) is 4.39. The van der Waals surface area contributed by atoms with Crippen molar-refractivity contribution in [2.75, 3.05) is 13.1 Å². The monoisotopic (exact) mass is 212 g/mol. The molecule has 2 heterocycles. The first-order valence-electron chi connectivity index (χ1n) is 4.59. The van der Waals surface area contributed by atoms with Gasteiger partial charge in [-0.3, -0.25) is 9.78 Å². The number of carbonyl (C=O) groups is 1. The summed E-state index contributed by atoms with van der Waals surface area (Å²) < 4.78 is 0. The second kappa shape index (κ2) is 4.06. The third-order valence-corrected chi connectivity index (χ3v) is 3.15. The molecule has 5 heteroatoms. The molecular weight excluding hydrogens is 200 g/mol. The summed E-state index contributed by atoms with van der Waals surface area (Å²) in [6.45, 7) is 1.18. The molecule has 14 heavy (non-hydrogen) atoms. The van der Waals surface area contributed by atoms with Crippen molar-refractivity contribution >= 4 is 17.2 Å². The maximum atomic E-state index is 11.3. The molecule has 1 fully saturated rings. The van der Waals surface area contributed by atoms with Gasteiger partial charge in [0.25, 0.3) is 0 Å². The maximum absolute atomic E-state index is 11.3. The van der Waals surface area contributed by atoms with E-state index in [1.807, 2.05) is 6.20 Å². The maximum Gasteiger partial charge on any atom is 0.225 e. The molecule has 0 aromatic carbocycles. The van der Waals surface area contributed by atoms with Crippen LogP contribution in [0.1, 0.15) is 11.3 Å². The van der Waals surface area contributed by atoms with Crippen LogP contribution in [0.3, 0.4) is 0 Å². The number of aromatic nitrogens is 1. The van der Waals surface area contributed by atoms with E-state index in [1.165, 1.54) is 4.88 Å². The molecular formula is C9H12N2O2S. The van der Waals surface area contributed by atoms with Crippen molar-refractivity contribution < 1.29 is 9.90 Å². The number of β-amino-alcohol motifs (C(OH)–C–C–N with tert-alkyl or cyclic N) is 1. The minimum Gasteiger partial charge on any atom is -0.391 e. The van der Waals surface area contributed by atoms with Crippen LogP contribution in [0.5, 0.6) is 0 Å². The third kappa shape index (κ3) is 2.10. The van der Waals surface area contributed by atoms with Crippen molar-refractivity contribution in [1.82, 2.24) is 9.88 Å². The van der Waals surface area contributed by atoms with Crippen molar-refractivity contribution in [3.05, 3.63) is 16.6 Å². The van der Waals surface area contributed by atoms with E-state index >= 15 is 0 Å². The first-order valence-corrected chi connectivity index (χ1v) is 5.47. The standard InChI is InChI=1S/C9H12N2O2S/c12-7-3-9(13)11(5-7)2-1-8-4-10-6-14-8/h4,6-7,12H,1-3,5H2. The lowest BCUT2D eigenvalue weighted by Crippen LogP contribution is -2.27. The number of nitrogens with zero attached hydrogens (tertiary/aromatic N) is 2. The summed E-state index contributed by atoms with van der Waals surface area (Å²) in [6.07, 6.45) is 2.47. The van der Waals surface area contributed by atoms with Crippen LogP contribution in [0.4, 0.5) is 0 Å². The molecule has 1 atom stereocenters. The molecule has 4 nitrogen and oxygen atoms in total. The molecule has 76 valence electrons. The lowest BCUT2D eigenvalue weighted by molar-refractivity contribution is -0.127. The smallest absolute Gasteiger partial charge is 0.225 e. The number of hydrogen-bond acceptors (Lipinski definition) is 4. The molecule has 1 amide bonds. The first-order chi connectivity index (χ1) is 6.75. The lowest BCUT2D eigenvalue weighted by Gasteiger charge is -2.14. The Bertz CT molecular complexity index is 313. The van der Waals surface area contributed by atoms with Crippen LogP contribution in [0.15, 0.2) is 11.7 Å². The Morgan fingerprint density at radius 2 is 2.57 bits per heavy atom. The van der Waals surface area contributed by atoms with Gasteiger partial charge in [0.05, 0.1) is 18.0 Å². The second-order valence-electron chi connectivity index (χ2n) is 3.42. The van der Waals surface area contributed by atoms with E-state index < -0.39 is 6.10 Å². The van der Waals surface area contributed by atoms with Gasteiger partial charge in [-0.15, -0.1) is 11.3 Å². The molecule has 1 aliphatic heterocycles. The highest BCUT2D eigenvalue weighted by Gasteiger charge is 2.27. The number of hydrogen-bond donors (Lipinski definition) is 1. The van der Waals surface area contributed by atoms with Gasteiger partial charge in [0.1, 0.15) is 0 Å². The van der Waals surface area contributed by atoms with Gasteiger partial charge in [-0.05, 0) is 0 Å². The number of aliphatic hydroxyl groups is 1. The molecule has 0 spiro atoms. The quantitative estimate of drug-likeness (QED) is 0.783. The van der Waals surface area contributed by atoms with Crippen LogP contribution >= 0.6 is 11.3 Å². The molecule has 2 rings (SSSR count). The minimum atomic E-state index is -0.469. The number of likely N-dealkylation sites (tertiary alicyclic amines) is 1. The Morgan fingerprint density at radius 3 is 3.14 bits per heavy atom. The fraction of sp³-hybridized carbons (Fsp3) is 0.556. The van der Waals surface area contributed by atoms with E-state index in [1.54, 1.807) is 21.7 Å². The molecule has 0 aliphatic carbocycles. The molecule has 0 radical (unpaired) electrons. The van der Waals surface area contributed by atoms with Crippen molar-refractivity contribution in [2.24, 2.45) is 0 Å². The van der Waals surface area contributed by atoms with E-state index in [0.29, 0.717) is 13.1 Å². The van der Waals surface area contributed by atoms with Gasteiger partial charge in [-0.2, -0.15) is 0 Å². The number of thiazole rings is 1. The Labute approximate surface area is 86.2 Å². The van der Waals surface area contributed by atoms with Gasteiger partial charge in [-0.1, -0.05) is 0 Å². The average molecular weight is 212 g/mol. The van der Waals surface area contributed by atoms with Gasteiger partial charge >= 0.3 is 0 Å². The SMILES string of the molecule is O=C1CC(O)CN1CCc1cncs1. The van der Waals surface area contributed by atoms with Gasteiger partial charge in [0.15, 0.2) is 0 Å². The van der Waals surface area contributed by atoms with Crippen molar-refractivity contribution in [3.8, 4) is 0 Å². The molecule has 1 unspecified atom stereocenters. The number of carbonyl (C=O) groups excluding carboxylic acids is 1. The molecule has 1 aromatic heterocycles. The summed E-state index contributed by atoms with van der Waals surface area (Å²) in [5, 5.41) is 9.25. The van der Waals surface area contributed by atoms with E-state index in [9.17, 15) is 9.90 Å². The van der Waals surface area contributed by atoms with Crippen molar-refractivity contribution in [2.45, 2.75) is 18.9 Å². The zero-order chi connectivity index (χ0) is 9.97. The van der Waals surface area contributed by atoms with Gasteiger partial charge in [-0.25, -0.2) is 0 Å². The van der Waals surface area contributed by atoms with E-state index in [-0.39, 0.29) is 12.3 Å². The fourth-order valence-electron chi connectivity index (χ4n) is 1.58. The summed E-state index contributed by atoms with van der Waals surface area (Å²) in [4.78, 5) is 18.2. The van der Waals surface area contributed by atoms with Gasteiger partial charge in [0.2, 0.25) is 5.91 Å². The van der Waals surface area contributed by atoms with Gasteiger partial charge < -0.3 is 10.0 Å². The molecule has 1 saturated heterocycles. The Kier molecular flexibility index (Phi) is 2.79. The first kappa shape index (κ1) is 9.61. The van der Waals surface area contributed by atoms with Crippen LogP contribution in [0.25, 0.3) is 0 Å². The van der Waals surface area contributed by atoms with Crippen molar-refractivity contribution in [1.29, 1.82) is 0 Å². The van der Waals surface area contributed by atoms with E-state index in [0.717, 1.165) is 6.42 Å². The lowest BCUT2D eigenvalue weighted by atomic mass is 10.3. The van der Waals surface area contributed by atoms with E-state index in [4.69, 9.17) is 0 Å². The van der Waals surface area contributed by atoms with Crippen LogP contribution in [-0.4, -0.2) is 40.1 Å². The molecule has 1 aromatic rings. The highest BCUT2D eigenvalue weighted by atomic mass is 32.1. The Balaban J connectivity index is 1.84. The number of rotatable bonds is 3. The summed E-state index contributed by atoms with van der Waals surface area (Å²) in [6, 6.07) is 0. The Hall–Kier alpha value is -0.940. The van der Waals surface area contributed by atoms with Crippen LogP contribution in [0.2, 0.25) is 0 Å². The normalized spacial score (nSPS) is 21.9. The average Bonchev–Trinajstić information content (AvgIpc) is 2.72. The number of aliphatic hydroxyl groups excluding tert-OH is 1. The van der Waals surface area contributed by atoms with E-state index in [2.05, 4.69) is 4.98 Å². The predicted molar refractivity (Wildman–Crippen MR) is 53.0 cm³/mol. The largest absolute Gasteiger partial charge is 0.391 e. The summed E-state index contributed by atoms with van der Waals surface area (Å²) >= 11 is 1.60. The molecule has 0 saturated carbocycles. The van der Waals surface area contributed by atoms with Gasteiger partial charge in [0, 0.05) is 30.6 Å². The Morgan fingerprint density at radius 1 is 1.71 bits per heavy atom. The number of amides is 1. The van der Waals surface area contributed by atoms with Crippen molar-refractivity contribution in [3.63, 3.8) is 0 Å². The zero-order valence-electron chi connectivity index (χ0n) is 7.72. The van der Waals surface area contributed by atoms with Crippen LogP contribution in [-0.2, 0) is 11.2 Å². The highest BCUT2D eigenvalue weighted by molar-refractivity contribution is 7.09. The molecule has 1 N–H and O–H groups in total. The highest BCUT2D eigenvalue weighted by Crippen LogP contribution is 2.13. The molecule has 0 bridgehead atoms. The molecule has 1 aliphatic rings. The third-order valence-electron chi connectivity index (χ3n) is 2.31. The summed E-state index contributed by atoms with van der Waals surface area (Å²) in [7, 11) is 0. The minimum absolute atomic E-state index is 0.0574. The fourth-order valence-corrected chi connectivity index (χ4v) is 2.17. The topological polar surface area (TPSA) is 53.4 Å². The zero-order valence-corrected chi connectivity index (χ0v) is 8.54. The summed E-state index contributed by atoms with van der Waals surface area (Å²) in [5.74, 6) is 0.0574. The van der Waals surface area contributed by atoms with Crippen LogP contribution < -0.4 is 0 Å². The predicted octanol–water partition coefficient (Wildman–Crippen LogP) is 0.279.